The number of benzene rings is 9. The molecule has 0 saturated carbocycles. The van der Waals surface area contributed by atoms with Crippen LogP contribution in [0, 0.1) is 0 Å². The smallest absolute Gasteiger partial charge is 0.143 e. The Kier molecular flexibility index (Phi) is 20.5. The summed E-state index contributed by atoms with van der Waals surface area (Å²) in [7, 11) is 0. The fraction of sp³-hybridized carbons (Fsp3) is 0.400. The molecule has 0 unspecified atom stereocenters. The van der Waals surface area contributed by atoms with Crippen LogP contribution in [0.2, 0.25) is 0 Å². The standard InChI is InChI=1S/C90H110O4/c1-23-91-87(69-48-36-63(37-49-69)81(5,6)7,70-50-38-64(39-51-70)82(8,9)10)75-30-27-33-78(60-75)90(94-26-4,79-34-28-31-76(61-79)88(92-24-2,71-52-40-65(41-53-71)83(11,12)13)72-54-42-66(43-55-72)84(14,15)16)80-35-29-32-77(62-80)89(93-25-3,73-56-44-67(45-57-73)85(17,18)19)74-58-46-68(47-59-74)86(20,21)22/h27-62H,23-26H2,1-22H3. The van der Waals surface area contributed by atoms with Crippen LogP contribution in [0.5, 0.6) is 0 Å². The average Bonchev–Trinajstić information content (AvgIpc) is 0.732. The minimum atomic E-state index is -1.28. The van der Waals surface area contributed by atoms with Crippen molar-refractivity contribution in [3.8, 4) is 0 Å². The van der Waals surface area contributed by atoms with E-state index in [-0.39, 0.29) is 32.5 Å². The topological polar surface area (TPSA) is 36.9 Å². The van der Waals surface area contributed by atoms with Gasteiger partial charge >= 0.3 is 0 Å². The molecule has 0 radical (unpaired) electrons. The molecule has 9 aromatic rings. The zero-order valence-corrected chi connectivity index (χ0v) is 61.2. The molecular formula is C90H110O4. The Morgan fingerprint density at radius 2 is 0.287 bits per heavy atom. The molecule has 0 aliphatic carbocycles. The molecular weight excluding hydrogens is 1140 g/mol. The van der Waals surface area contributed by atoms with E-state index in [0.29, 0.717) is 26.4 Å². The third-order valence-corrected chi connectivity index (χ3v) is 19.4. The van der Waals surface area contributed by atoms with E-state index in [1.54, 1.807) is 0 Å². The van der Waals surface area contributed by atoms with Crippen molar-refractivity contribution >= 4 is 0 Å². The van der Waals surface area contributed by atoms with E-state index < -0.39 is 22.4 Å². The molecule has 494 valence electrons. The van der Waals surface area contributed by atoms with Gasteiger partial charge in [-0.1, -0.05) is 325 Å². The van der Waals surface area contributed by atoms with Crippen molar-refractivity contribution in [2.45, 2.75) is 207 Å². The molecule has 0 aromatic heterocycles. The Hall–Kier alpha value is -7.18. The van der Waals surface area contributed by atoms with Gasteiger partial charge in [0.15, 0.2) is 0 Å². The van der Waals surface area contributed by atoms with Gasteiger partial charge in [0.25, 0.3) is 0 Å². The summed E-state index contributed by atoms with van der Waals surface area (Å²) < 4.78 is 30.4. The summed E-state index contributed by atoms with van der Waals surface area (Å²) in [6.07, 6.45) is 0. The van der Waals surface area contributed by atoms with Crippen molar-refractivity contribution < 1.29 is 18.9 Å². The summed E-state index contributed by atoms with van der Waals surface area (Å²) in [5.74, 6) is 0. The quantitative estimate of drug-likeness (QED) is 0.0713. The van der Waals surface area contributed by atoms with E-state index in [1.165, 1.54) is 33.4 Å². The van der Waals surface area contributed by atoms with Crippen LogP contribution in [0.3, 0.4) is 0 Å². The first-order chi connectivity index (χ1) is 44.1. The van der Waals surface area contributed by atoms with Gasteiger partial charge in [0.1, 0.15) is 22.4 Å². The molecule has 0 N–H and O–H groups in total. The van der Waals surface area contributed by atoms with Crippen molar-refractivity contribution in [3.63, 3.8) is 0 Å². The molecule has 4 nitrogen and oxygen atoms in total. The van der Waals surface area contributed by atoms with Crippen molar-refractivity contribution in [2.24, 2.45) is 0 Å². The van der Waals surface area contributed by atoms with Crippen molar-refractivity contribution in [1.82, 2.24) is 0 Å². The van der Waals surface area contributed by atoms with E-state index >= 15 is 0 Å². The van der Waals surface area contributed by atoms with Gasteiger partial charge in [0.05, 0.1) is 0 Å². The summed E-state index contributed by atoms with van der Waals surface area (Å²) in [5, 5.41) is 0. The SMILES string of the molecule is CCOC(c1ccc(C(C)(C)C)cc1)(c1ccc(C(C)(C)C)cc1)c1cccc(C(OCC)(c2cccc(C(OCC)(c3ccc(C(C)(C)C)cc3)c3ccc(C(C)(C)C)cc3)c2)c2cccc(C(OCC)(c3ccc(C(C)(C)C)cc3)c3ccc(C(C)(C)C)cc3)c2)c1. The van der Waals surface area contributed by atoms with Gasteiger partial charge in [-0.15, -0.1) is 0 Å². The summed E-state index contributed by atoms with van der Waals surface area (Å²) in [6, 6.07) is 82.2. The highest BCUT2D eigenvalue weighted by Gasteiger charge is 2.46. The van der Waals surface area contributed by atoms with E-state index in [9.17, 15) is 0 Å². The fourth-order valence-corrected chi connectivity index (χ4v) is 14.0. The van der Waals surface area contributed by atoms with Gasteiger partial charge in [0, 0.05) is 26.4 Å². The zero-order chi connectivity index (χ0) is 68.5. The van der Waals surface area contributed by atoms with Gasteiger partial charge in [-0.2, -0.15) is 0 Å². The first-order valence-electron chi connectivity index (χ1n) is 34.7. The molecule has 9 aromatic carbocycles. The molecule has 0 atom stereocenters. The third-order valence-electron chi connectivity index (χ3n) is 19.4. The summed E-state index contributed by atoms with van der Waals surface area (Å²) in [5.41, 5.74) is 14.8. The van der Waals surface area contributed by atoms with E-state index in [2.05, 4.69) is 371 Å². The Morgan fingerprint density at radius 1 is 0.170 bits per heavy atom. The highest BCUT2D eigenvalue weighted by atomic mass is 16.5. The van der Waals surface area contributed by atoms with Crippen LogP contribution >= 0.6 is 0 Å². The lowest BCUT2D eigenvalue weighted by atomic mass is 9.72. The molecule has 9 rings (SSSR count). The van der Waals surface area contributed by atoms with Crippen LogP contribution in [-0.4, -0.2) is 26.4 Å². The van der Waals surface area contributed by atoms with Gasteiger partial charge < -0.3 is 18.9 Å². The lowest BCUT2D eigenvalue weighted by Crippen LogP contribution is -2.38. The molecule has 0 heterocycles. The maximum absolute atomic E-state index is 7.90. The predicted molar refractivity (Wildman–Crippen MR) is 396 cm³/mol. The van der Waals surface area contributed by atoms with E-state index in [4.69, 9.17) is 18.9 Å². The number of hydrogen-bond donors (Lipinski definition) is 0. The monoisotopic (exact) mass is 1250 g/mol. The predicted octanol–water partition coefficient (Wildman–Crippen LogP) is 22.8. The Morgan fingerprint density at radius 3 is 0.404 bits per heavy atom. The second-order valence-electron chi connectivity index (χ2n) is 32.2. The second-order valence-corrected chi connectivity index (χ2v) is 32.2. The normalized spacial score (nSPS) is 13.3. The highest BCUT2D eigenvalue weighted by molar-refractivity contribution is 5.60. The number of hydrogen-bond acceptors (Lipinski definition) is 4. The van der Waals surface area contributed by atoms with E-state index in [0.717, 1.165) is 66.8 Å². The van der Waals surface area contributed by atoms with Crippen molar-refractivity contribution in [2.75, 3.05) is 26.4 Å². The molecule has 0 bridgehead atoms. The molecule has 0 fully saturated rings. The zero-order valence-electron chi connectivity index (χ0n) is 61.2. The average molecular weight is 1260 g/mol. The van der Waals surface area contributed by atoms with Crippen LogP contribution in [0.4, 0.5) is 0 Å². The molecule has 0 amide bonds. The second kappa shape index (κ2) is 27.1. The van der Waals surface area contributed by atoms with Crippen molar-refractivity contribution in [1.29, 1.82) is 0 Å². The van der Waals surface area contributed by atoms with Gasteiger partial charge in [-0.25, -0.2) is 0 Å². The van der Waals surface area contributed by atoms with E-state index in [1.807, 2.05) is 0 Å². The van der Waals surface area contributed by atoms with Gasteiger partial charge in [-0.3, -0.25) is 0 Å². The lowest BCUT2D eigenvalue weighted by molar-refractivity contribution is 0.0129. The van der Waals surface area contributed by atoms with Gasteiger partial charge in [-0.05, 0) is 179 Å². The first kappa shape index (κ1) is 71.1. The van der Waals surface area contributed by atoms with Crippen LogP contribution in [0.25, 0.3) is 0 Å². The Labute approximate surface area is 567 Å². The van der Waals surface area contributed by atoms with Gasteiger partial charge in [0.2, 0.25) is 0 Å². The number of ether oxygens (including phenoxy) is 4. The largest absolute Gasteiger partial charge is 0.361 e. The Balaban J connectivity index is 1.43. The third kappa shape index (κ3) is 13.9. The fourth-order valence-electron chi connectivity index (χ4n) is 14.0. The highest BCUT2D eigenvalue weighted by Crippen LogP contribution is 2.51. The maximum atomic E-state index is 7.90. The van der Waals surface area contributed by atoms with Crippen molar-refractivity contribution in [3.05, 3.63) is 319 Å². The minimum absolute atomic E-state index is 0.0573. The summed E-state index contributed by atoms with van der Waals surface area (Å²) in [4.78, 5) is 0. The summed E-state index contributed by atoms with van der Waals surface area (Å²) >= 11 is 0. The van der Waals surface area contributed by atoms with Crippen LogP contribution in [-0.2, 0) is 73.8 Å². The molecule has 0 aliphatic rings. The summed E-state index contributed by atoms with van der Waals surface area (Å²) in [6.45, 7) is 51.1. The first-order valence-corrected chi connectivity index (χ1v) is 34.7. The van der Waals surface area contributed by atoms with Crippen LogP contribution in [0.1, 0.15) is 252 Å². The number of rotatable bonds is 20. The lowest BCUT2D eigenvalue weighted by Gasteiger charge is -2.41. The molecule has 4 heteroatoms. The van der Waals surface area contributed by atoms with Crippen LogP contribution in [0.15, 0.2) is 218 Å². The molecule has 94 heavy (non-hydrogen) atoms. The van der Waals surface area contributed by atoms with Crippen LogP contribution < -0.4 is 0 Å². The molecule has 0 saturated heterocycles. The minimum Gasteiger partial charge on any atom is -0.361 e. The molecule has 0 aliphatic heterocycles. The molecule has 0 spiro atoms. The Bertz CT molecular complexity index is 3370. The maximum Gasteiger partial charge on any atom is 0.143 e.